The Morgan fingerprint density at radius 1 is 1.36 bits per heavy atom. The monoisotopic (exact) mass is 308 g/mol. The summed E-state index contributed by atoms with van der Waals surface area (Å²) in [5.41, 5.74) is 0.131. The van der Waals surface area contributed by atoms with Crippen molar-refractivity contribution in [1.29, 1.82) is 0 Å². The average Bonchev–Trinajstić information content (AvgIpc) is 2.42. The van der Waals surface area contributed by atoms with Crippen LogP contribution in [0.15, 0.2) is 18.2 Å². The van der Waals surface area contributed by atoms with Crippen molar-refractivity contribution in [1.82, 2.24) is 5.32 Å². The lowest BCUT2D eigenvalue weighted by Gasteiger charge is -2.19. The van der Waals surface area contributed by atoms with Crippen LogP contribution in [0.4, 0.5) is 5.69 Å². The molecule has 2 N–H and O–H groups in total. The molecule has 1 aromatic carbocycles. The normalized spacial score (nSPS) is 12.5. The number of hydrogen-bond donors (Lipinski definition) is 2. The summed E-state index contributed by atoms with van der Waals surface area (Å²) in [6.07, 6.45) is 0. The summed E-state index contributed by atoms with van der Waals surface area (Å²) in [5, 5.41) is 22.4. The second-order valence-corrected chi connectivity index (χ2v) is 6.19. The first kappa shape index (κ1) is 17.6. The van der Waals surface area contributed by atoms with Gasteiger partial charge >= 0.3 is 5.97 Å². The van der Waals surface area contributed by atoms with Gasteiger partial charge in [0, 0.05) is 23.7 Å². The van der Waals surface area contributed by atoms with Crippen molar-refractivity contribution in [3.63, 3.8) is 0 Å². The third-order valence-electron chi connectivity index (χ3n) is 3.26. The van der Waals surface area contributed by atoms with Crippen LogP contribution in [0, 0.1) is 16.0 Å². The van der Waals surface area contributed by atoms with Gasteiger partial charge < -0.3 is 10.4 Å². The number of nitro benzene ring substituents is 1. The maximum atomic E-state index is 12.0. The van der Waals surface area contributed by atoms with E-state index in [0.29, 0.717) is 5.56 Å². The molecule has 0 bridgehead atoms. The lowest BCUT2D eigenvalue weighted by atomic mass is 9.85. The first-order chi connectivity index (χ1) is 10.0. The number of aliphatic carboxylic acids is 1. The number of carbonyl (C=O) groups excluding carboxylic acids is 1. The lowest BCUT2D eigenvalue weighted by molar-refractivity contribution is -0.386. The van der Waals surface area contributed by atoms with E-state index in [0.717, 1.165) is 0 Å². The minimum atomic E-state index is -1.02. The molecular formula is C15H20N2O5. The number of hydrogen-bond acceptors (Lipinski definition) is 4. The molecule has 22 heavy (non-hydrogen) atoms. The van der Waals surface area contributed by atoms with E-state index in [1.165, 1.54) is 19.1 Å². The highest BCUT2D eigenvalue weighted by Crippen LogP contribution is 2.31. The van der Waals surface area contributed by atoms with E-state index in [-0.39, 0.29) is 17.8 Å². The number of nitrogens with zero attached hydrogens (tertiary/aromatic N) is 1. The summed E-state index contributed by atoms with van der Waals surface area (Å²) in [7, 11) is 0. The van der Waals surface area contributed by atoms with Crippen molar-refractivity contribution in [3.05, 3.63) is 39.4 Å². The maximum Gasteiger partial charge on any atom is 0.308 e. The number of carbonyl (C=O) groups is 2. The zero-order chi connectivity index (χ0) is 17.1. The van der Waals surface area contributed by atoms with Crippen LogP contribution < -0.4 is 5.32 Å². The van der Waals surface area contributed by atoms with Crippen molar-refractivity contribution in [2.24, 2.45) is 5.92 Å². The van der Waals surface area contributed by atoms with Crippen molar-refractivity contribution in [3.8, 4) is 0 Å². The molecule has 1 aromatic rings. The molecule has 0 saturated heterocycles. The summed E-state index contributed by atoms with van der Waals surface area (Å²) >= 11 is 0. The van der Waals surface area contributed by atoms with Gasteiger partial charge in [-0.15, -0.1) is 0 Å². The van der Waals surface area contributed by atoms with Gasteiger partial charge in [-0.3, -0.25) is 19.7 Å². The number of carboxylic acid groups (broad SMARTS) is 1. The summed E-state index contributed by atoms with van der Waals surface area (Å²) < 4.78 is 0. The predicted octanol–water partition coefficient (Wildman–Crippen LogP) is 2.34. The standard InChI is InChI=1S/C15H20N2O5/c1-9(14(19)20)8-16-13(18)10-5-6-11(15(2,3)4)12(7-10)17(21)22/h5-7,9H,8H2,1-4H3,(H,16,18)(H,19,20). The molecule has 120 valence electrons. The Balaban J connectivity index is 3.02. The zero-order valence-electron chi connectivity index (χ0n) is 13.0. The lowest BCUT2D eigenvalue weighted by Crippen LogP contribution is -2.31. The second kappa shape index (κ2) is 6.55. The second-order valence-electron chi connectivity index (χ2n) is 6.19. The fourth-order valence-electron chi connectivity index (χ4n) is 1.89. The van der Waals surface area contributed by atoms with Gasteiger partial charge in [0.25, 0.3) is 11.6 Å². The molecule has 0 radical (unpaired) electrons. The number of nitro groups is 1. The SMILES string of the molecule is CC(CNC(=O)c1ccc(C(C)(C)C)c([N+](=O)[O-])c1)C(=O)O. The molecule has 7 nitrogen and oxygen atoms in total. The fourth-order valence-corrected chi connectivity index (χ4v) is 1.89. The largest absolute Gasteiger partial charge is 0.481 e. The minimum Gasteiger partial charge on any atom is -0.481 e. The molecule has 0 saturated carbocycles. The van der Waals surface area contributed by atoms with Gasteiger partial charge in [-0.05, 0) is 11.5 Å². The van der Waals surface area contributed by atoms with Gasteiger partial charge in [-0.25, -0.2) is 0 Å². The first-order valence-corrected chi connectivity index (χ1v) is 6.84. The highest BCUT2D eigenvalue weighted by molar-refractivity contribution is 5.95. The highest BCUT2D eigenvalue weighted by Gasteiger charge is 2.26. The number of rotatable bonds is 5. The predicted molar refractivity (Wildman–Crippen MR) is 80.9 cm³/mol. The van der Waals surface area contributed by atoms with E-state index in [2.05, 4.69) is 5.32 Å². The van der Waals surface area contributed by atoms with Crippen LogP contribution in [0.5, 0.6) is 0 Å². The maximum absolute atomic E-state index is 12.0. The van der Waals surface area contributed by atoms with E-state index < -0.39 is 28.1 Å². The van der Waals surface area contributed by atoms with E-state index >= 15 is 0 Å². The van der Waals surface area contributed by atoms with Crippen molar-refractivity contribution >= 4 is 17.6 Å². The number of benzene rings is 1. The highest BCUT2D eigenvalue weighted by atomic mass is 16.6. The molecule has 0 fully saturated rings. The Labute approximate surface area is 128 Å². The van der Waals surface area contributed by atoms with Crippen LogP contribution in [0.1, 0.15) is 43.6 Å². The van der Waals surface area contributed by atoms with Gasteiger partial charge in [-0.1, -0.05) is 33.8 Å². The third kappa shape index (κ3) is 4.28. The molecule has 0 spiro atoms. The van der Waals surface area contributed by atoms with E-state index in [1.54, 1.807) is 6.07 Å². The van der Waals surface area contributed by atoms with Gasteiger partial charge in [-0.2, -0.15) is 0 Å². The van der Waals surface area contributed by atoms with E-state index in [1.807, 2.05) is 20.8 Å². The number of amides is 1. The summed E-state index contributed by atoms with van der Waals surface area (Å²) in [6.45, 7) is 6.98. The Hall–Kier alpha value is -2.44. The molecule has 0 aromatic heterocycles. The van der Waals surface area contributed by atoms with Crippen molar-refractivity contribution in [2.45, 2.75) is 33.1 Å². The number of nitrogens with one attached hydrogen (secondary N) is 1. The van der Waals surface area contributed by atoms with Crippen LogP contribution in [-0.2, 0) is 10.2 Å². The Morgan fingerprint density at radius 3 is 2.41 bits per heavy atom. The summed E-state index contributed by atoms with van der Waals surface area (Å²) in [4.78, 5) is 33.4. The van der Waals surface area contributed by atoms with E-state index in [9.17, 15) is 19.7 Å². The molecule has 7 heteroatoms. The third-order valence-corrected chi connectivity index (χ3v) is 3.26. The minimum absolute atomic E-state index is 0.0387. The fraction of sp³-hybridized carbons (Fsp3) is 0.467. The molecule has 0 aliphatic carbocycles. The molecule has 0 aliphatic rings. The summed E-state index contributed by atoms with van der Waals surface area (Å²) in [6, 6.07) is 4.30. The molecule has 0 aliphatic heterocycles. The Bertz CT molecular complexity index is 604. The average molecular weight is 308 g/mol. The first-order valence-electron chi connectivity index (χ1n) is 6.84. The van der Waals surface area contributed by atoms with Gasteiger partial charge in [0.15, 0.2) is 0 Å². The molecular weight excluding hydrogens is 288 g/mol. The molecule has 1 atom stereocenters. The van der Waals surface area contributed by atoms with Gasteiger partial charge in [0.2, 0.25) is 0 Å². The Morgan fingerprint density at radius 2 is 1.95 bits per heavy atom. The quantitative estimate of drug-likeness (QED) is 0.641. The van der Waals surface area contributed by atoms with Crippen LogP contribution in [0.25, 0.3) is 0 Å². The molecule has 1 unspecified atom stereocenters. The van der Waals surface area contributed by atoms with Crippen molar-refractivity contribution < 1.29 is 19.6 Å². The van der Waals surface area contributed by atoms with Gasteiger partial charge in [0.1, 0.15) is 0 Å². The Kier molecular flexibility index (Phi) is 5.24. The molecule has 0 heterocycles. The van der Waals surface area contributed by atoms with Crippen LogP contribution in [0.2, 0.25) is 0 Å². The topological polar surface area (TPSA) is 110 Å². The van der Waals surface area contributed by atoms with Crippen LogP contribution >= 0.6 is 0 Å². The zero-order valence-corrected chi connectivity index (χ0v) is 13.0. The van der Waals surface area contributed by atoms with Crippen LogP contribution in [0.3, 0.4) is 0 Å². The molecule has 1 amide bonds. The van der Waals surface area contributed by atoms with Crippen molar-refractivity contribution in [2.75, 3.05) is 6.54 Å². The molecule has 1 rings (SSSR count). The summed E-state index contributed by atoms with van der Waals surface area (Å²) in [5.74, 6) is -2.28. The van der Waals surface area contributed by atoms with Gasteiger partial charge in [0.05, 0.1) is 10.8 Å². The van der Waals surface area contributed by atoms with E-state index in [4.69, 9.17) is 5.11 Å². The van der Waals surface area contributed by atoms with Crippen LogP contribution in [-0.4, -0.2) is 28.5 Å². The smallest absolute Gasteiger partial charge is 0.308 e. The number of carboxylic acids is 1.